The lowest BCUT2D eigenvalue weighted by Gasteiger charge is -2.32. The van der Waals surface area contributed by atoms with Crippen molar-refractivity contribution in [3.63, 3.8) is 0 Å². The SMILES string of the molecule is CCC(CC)CN(CC)C(CC#N)c1ccccc1. The molecule has 1 aromatic rings. The number of benzene rings is 1. The lowest BCUT2D eigenvalue weighted by atomic mass is 9.98. The highest BCUT2D eigenvalue weighted by Crippen LogP contribution is 2.25. The van der Waals surface area contributed by atoms with E-state index < -0.39 is 0 Å². The summed E-state index contributed by atoms with van der Waals surface area (Å²) in [5.41, 5.74) is 1.26. The second-order valence-electron chi connectivity index (χ2n) is 5.06. The van der Waals surface area contributed by atoms with Gasteiger partial charge in [0.05, 0.1) is 12.5 Å². The molecule has 1 aromatic carbocycles. The van der Waals surface area contributed by atoms with E-state index in [0.717, 1.165) is 19.0 Å². The molecule has 0 aliphatic carbocycles. The Hall–Kier alpha value is -1.33. The summed E-state index contributed by atoms with van der Waals surface area (Å²) in [6.45, 7) is 8.78. The number of nitrogens with zero attached hydrogens (tertiary/aromatic N) is 2. The first-order valence-electron chi connectivity index (χ1n) is 7.42. The van der Waals surface area contributed by atoms with Gasteiger partial charge < -0.3 is 0 Å². The van der Waals surface area contributed by atoms with E-state index in [1.165, 1.54) is 18.4 Å². The van der Waals surface area contributed by atoms with Crippen molar-refractivity contribution < 1.29 is 0 Å². The molecule has 0 spiro atoms. The van der Waals surface area contributed by atoms with Crippen molar-refractivity contribution in [2.45, 2.75) is 46.1 Å². The van der Waals surface area contributed by atoms with Gasteiger partial charge in [-0.05, 0) is 18.0 Å². The average molecular weight is 258 g/mol. The van der Waals surface area contributed by atoms with Crippen LogP contribution in [0.1, 0.15) is 51.6 Å². The first-order valence-corrected chi connectivity index (χ1v) is 7.42. The van der Waals surface area contributed by atoms with Crippen LogP contribution in [-0.2, 0) is 0 Å². The van der Waals surface area contributed by atoms with Crippen molar-refractivity contribution in [2.75, 3.05) is 13.1 Å². The molecule has 0 fully saturated rings. The van der Waals surface area contributed by atoms with Crippen molar-refractivity contribution in [3.05, 3.63) is 35.9 Å². The van der Waals surface area contributed by atoms with Crippen LogP contribution in [0.25, 0.3) is 0 Å². The molecule has 0 N–H and O–H groups in total. The van der Waals surface area contributed by atoms with Gasteiger partial charge in [0.25, 0.3) is 0 Å². The Balaban J connectivity index is 2.86. The van der Waals surface area contributed by atoms with Crippen molar-refractivity contribution in [1.29, 1.82) is 5.26 Å². The third kappa shape index (κ3) is 4.69. The topological polar surface area (TPSA) is 27.0 Å². The number of hydrogen-bond donors (Lipinski definition) is 0. The monoisotopic (exact) mass is 258 g/mol. The summed E-state index contributed by atoms with van der Waals surface area (Å²) in [6.07, 6.45) is 2.99. The van der Waals surface area contributed by atoms with Crippen LogP contribution in [0.3, 0.4) is 0 Å². The standard InChI is InChI=1S/C17H26N2/c1-4-15(5-2)14-19(6-3)17(12-13-18)16-10-8-7-9-11-16/h7-11,15,17H,4-6,12,14H2,1-3H3. The van der Waals surface area contributed by atoms with Crippen molar-refractivity contribution in [3.8, 4) is 6.07 Å². The molecular formula is C17H26N2. The maximum Gasteiger partial charge on any atom is 0.0641 e. The molecule has 0 aromatic heterocycles. The molecule has 0 bridgehead atoms. The summed E-state index contributed by atoms with van der Waals surface area (Å²) < 4.78 is 0. The maximum absolute atomic E-state index is 9.11. The lowest BCUT2D eigenvalue weighted by molar-refractivity contribution is 0.172. The molecule has 1 atom stereocenters. The molecule has 104 valence electrons. The number of rotatable bonds is 8. The summed E-state index contributed by atoms with van der Waals surface area (Å²) in [5.74, 6) is 0.727. The Kier molecular flexibility index (Phi) is 7.22. The fraction of sp³-hybridized carbons (Fsp3) is 0.588. The maximum atomic E-state index is 9.11. The minimum atomic E-state index is 0.233. The van der Waals surface area contributed by atoms with Gasteiger partial charge in [0.15, 0.2) is 0 Å². The molecule has 2 nitrogen and oxygen atoms in total. The summed E-state index contributed by atoms with van der Waals surface area (Å²) in [6, 6.07) is 13.0. The van der Waals surface area contributed by atoms with E-state index in [1.807, 2.05) is 6.07 Å². The predicted octanol–water partition coefficient (Wildman–Crippen LogP) is 4.40. The minimum Gasteiger partial charge on any atom is -0.295 e. The molecule has 2 heteroatoms. The van der Waals surface area contributed by atoms with Crippen molar-refractivity contribution in [1.82, 2.24) is 4.90 Å². The highest BCUT2D eigenvalue weighted by atomic mass is 15.1. The molecular weight excluding hydrogens is 232 g/mol. The van der Waals surface area contributed by atoms with Crippen LogP contribution in [-0.4, -0.2) is 18.0 Å². The van der Waals surface area contributed by atoms with Crippen LogP contribution < -0.4 is 0 Å². The zero-order valence-electron chi connectivity index (χ0n) is 12.5. The van der Waals surface area contributed by atoms with Gasteiger partial charge in [0.2, 0.25) is 0 Å². The molecule has 0 radical (unpaired) electrons. The lowest BCUT2D eigenvalue weighted by Crippen LogP contribution is -2.33. The van der Waals surface area contributed by atoms with Gasteiger partial charge in [0.1, 0.15) is 0 Å². The molecule has 0 aliphatic heterocycles. The Morgan fingerprint density at radius 3 is 2.21 bits per heavy atom. The second-order valence-corrected chi connectivity index (χ2v) is 5.06. The normalized spacial score (nSPS) is 12.6. The van der Waals surface area contributed by atoms with E-state index in [2.05, 4.69) is 56.0 Å². The average Bonchev–Trinajstić information content (AvgIpc) is 2.48. The third-order valence-electron chi connectivity index (χ3n) is 3.96. The van der Waals surface area contributed by atoms with E-state index in [-0.39, 0.29) is 6.04 Å². The Labute approximate surface area is 118 Å². The molecule has 0 heterocycles. The van der Waals surface area contributed by atoms with Crippen molar-refractivity contribution >= 4 is 0 Å². The molecule has 0 amide bonds. The van der Waals surface area contributed by atoms with Crippen molar-refractivity contribution in [2.24, 2.45) is 5.92 Å². The highest BCUT2D eigenvalue weighted by molar-refractivity contribution is 5.20. The van der Waals surface area contributed by atoms with E-state index in [4.69, 9.17) is 5.26 Å². The smallest absolute Gasteiger partial charge is 0.0641 e. The van der Waals surface area contributed by atoms with Crippen LogP contribution in [0.15, 0.2) is 30.3 Å². The molecule has 0 saturated carbocycles. The van der Waals surface area contributed by atoms with Crippen LogP contribution in [0.4, 0.5) is 0 Å². The first-order chi connectivity index (χ1) is 9.26. The van der Waals surface area contributed by atoms with E-state index in [0.29, 0.717) is 6.42 Å². The van der Waals surface area contributed by atoms with Crippen LogP contribution in [0, 0.1) is 17.2 Å². The Bertz CT molecular complexity index is 376. The van der Waals surface area contributed by atoms with Gasteiger partial charge in [-0.1, -0.05) is 63.9 Å². The summed E-state index contributed by atoms with van der Waals surface area (Å²) >= 11 is 0. The third-order valence-corrected chi connectivity index (χ3v) is 3.96. The first kappa shape index (κ1) is 15.7. The summed E-state index contributed by atoms with van der Waals surface area (Å²) in [7, 11) is 0. The number of nitriles is 1. The predicted molar refractivity (Wildman–Crippen MR) is 80.7 cm³/mol. The molecule has 1 unspecified atom stereocenters. The van der Waals surface area contributed by atoms with Gasteiger partial charge in [-0.3, -0.25) is 4.90 Å². The minimum absolute atomic E-state index is 0.233. The van der Waals surface area contributed by atoms with Gasteiger partial charge in [-0.15, -0.1) is 0 Å². The summed E-state index contributed by atoms with van der Waals surface area (Å²) in [4.78, 5) is 2.45. The fourth-order valence-corrected chi connectivity index (χ4v) is 2.57. The zero-order valence-corrected chi connectivity index (χ0v) is 12.5. The van der Waals surface area contributed by atoms with Crippen LogP contribution >= 0.6 is 0 Å². The highest BCUT2D eigenvalue weighted by Gasteiger charge is 2.20. The fourth-order valence-electron chi connectivity index (χ4n) is 2.57. The van der Waals surface area contributed by atoms with Crippen LogP contribution in [0.5, 0.6) is 0 Å². The Morgan fingerprint density at radius 1 is 1.11 bits per heavy atom. The zero-order chi connectivity index (χ0) is 14.1. The molecule has 0 saturated heterocycles. The van der Waals surface area contributed by atoms with E-state index in [9.17, 15) is 0 Å². The molecule has 0 aliphatic rings. The van der Waals surface area contributed by atoms with E-state index in [1.54, 1.807) is 0 Å². The van der Waals surface area contributed by atoms with E-state index >= 15 is 0 Å². The summed E-state index contributed by atoms with van der Waals surface area (Å²) in [5, 5.41) is 9.11. The quantitative estimate of drug-likeness (QED) is 0.691. The van der Waals surface area contributed by atoms with Gasteiger partial charge in [0, 0.05) is 12.6 Å². The van der Waals surface area contributed by atoms with Crippen LogP contribution in [0.2, 0.25) is 0 Å². The van der Waals surface area contributed by atoms with Gasteiger partial charge in [-0.2, -0.15) is 5.26 Å². The number of hydrogen-bond acceptors (Lipinski definition) is 2. The molecule has 19 heavy (non-hydrogen) atoms. The van der Waals surface area contributed by atoms with Gasteiger partial charge in [-0.25, -0.2) is 0 Å². The Morgan fingerprint density at radius 2 is 1.74 bits per heavy atom. The largest absolute Gasteiger partial charge is 0.295 e. The molecule has 1 rings (SSSR count). The second kappa shape index (κ2) is 8.72. The van der Waals surface area contributed by atoms with Gasteiger partial charge >= 0.3 is 0 Å².